The van der Waals surface area contributed by atoms with Crippen LogP contribution in [-0.2, 0) is 11.3 Å². The number of likely N-dealkylation sites (N-methyl/N-ethyl adjacent to an activating group) is 1. The lowest BCUT2D eigenvalue weighted by Gasteiger charge is -2.36. The SMILES string of the molecule is C[C@@H](C(=O)N(C)Cc1ccccc1)N1CCC(c2nc3ccccc3s2)CC1. The van der Waals surface area contributed by atoms with Gasteiger partial charge in [-0.25, -0.2) is 4.98 Å². The van der Waals surface area contributed by atoms with Gasteiger partial charge in [-0.15, -0.1) is 11.3 Å². The molecule has 4 nitrogen and oxygen atoms in total. The van der Waals surface area contributed by atoms with E-state index in [4.69, 9.17) is 4.98 Å². The molecule has 0 aliphatic carbocycles. The van der Waals surface area contributed by atoms with Crippen LogP contribution in [-0.4, -0.2) is 46.9 Å². The number of nitrogens with zero attached hydrogens (tertiary/aromatic N) is 3. The molecule has 1 fully saturated rings. The monoisotopic (exact) mass is 393 g/mol. The number of hydrogen-bond acceptors (Lipinski definition) is 4. The van der Waals surface area contributed by atoms with Crippen molar-refractivity contribution in [3.05, 3.63) is 65.2 Å². The predicted molar refractivity (Wildman–Crippen MR) is 116 cm³/mol. The Kier molecular flexibility index (Phi) is 5.74. The number of likely N-dealkylation sites (tertiary alicyclic amines) is 1. The summed E-state index contributed by atoms with van der Waals surface area (Å²) in [7, 11) is 1.90. The third-order valence-electron chi connectivity index (χ3n) is 5.73. The van der Waals surface area contributed by atoms with Crippen molar-refractivity contribution in [1.29, 1.82) is 0 Å². The predicted octanol–water partition coefficient (Wildman–Crippen LogP) is 4.52. The van der Waals surface area contributed by atoms with Gasteiger partial charge in [0, 0.05) is 19.5 Å². The van der Waals surface area contributed by atoms with Crippen LogP contribution in [0.3, 0.4) is 0 Å². The molecule has 3 aromatic rings. The minimum Gasteiger partial charge on any atom is -0.340 e. The highest BCUT2D eigenvalue weighted by Gasteiger charge is 2.30. The number of piperidine rings is 1. The van der Waals surface area contributed by atoms with E-state index in [1.165, 1.54) is 15.3 Å². The van der Waals surface area contributed by atoms with Crippen LogP contribution in [0, 0.1) is 0 Å². The number of carbonyl (C=O) groups excluding carboxylic acids is 1. The average molecular weight is 394 g/mol. The van der Waals surface area contributed by atoms with Gasteiger partial charge in [0.1, 0.15) is 0 Å². The van der Waals surface area contributed by atoms with E-state index < -0.39 is 0 Å². The van der Waals surface area contributed by atoms with Crippen LogP contribution in [0.5, 0.6) is 0 Å². The second-order valence-corrected chi connectivity index (χ2v) is 8.75. The normalized spacial score (nSPS) is 16.9. The third kappa shape index (κ3) is 4.10. The van der Waals surface area contributed by atoms with Gasteiger partial charge in [0.2, 0.25) is 5.91 Å². The van der Waals surface area contributed by atoms with Crippen molar-refractivity contribution in [2.24, 2.45) is 0 Å². The molecule has 4 rings (SSSR count). The molecule has 1 aliphatic rings. The van der Waals surface area contributed by atoms with E-state index >= 15 is 0 Å². The Hall–Kier alpha value is -2.24. The average Bonchev–Trinajstić information content (AvgIpc) is 3.18. The maximum Gasteiger partial charge on any atom is 0.239 e. The molecular weight excluding hydrogens is 366 g/mol. The summed E-state index contributed by atoms with van der Waals surface area (Å²) in [5, 5.41) is 1.25. The van der Waals surface area contributed by atoms with Gasteiger partial charge in [0.25, 0.3) is 0 Å². The van der Waals surface area contributed by atoms with E-state index in [0.29, 0.717) is 12.5 Å². The number of thiazole rings is 1. The van der Waals surface area contributed by atoms with Crippen LogP contribution < -0.4 is 0 Å². The zero-order valence-electron chi connectivity index (χ0n) is 16.5. The van der Waals surface area contributed by atoms with Gasteiger partial charge in [-0.05, 0) is 50.6 Å². The fourth-order valence-electron chi connectivity index (χ4n) is 4.01. The first-order chi connectivity index (χ1) is 13.6. The van der Waals surface area contributed by atoms with Crippen molar-refractivity contribution < 1.29 is 4.79 Å². The molecule has 0 bridgehead atoms. The molecule has 28 heavy (non-hydrogen) atoms. The van der Waals surface area contributed by atoms with Gasteiger partial charge in [0.15, 0.2) is 0 Å². The number of rotatable bonds is 5. The largest absolute Gasteiger partial charge is 0.340 e. The zero-order chi connectivity index (χ0) is 19.5. The van der Waals surface area contributed by atoms with Gasteiger partial charge < -0.3 is 4.90 Å². The molecule has 1 aliphatic heterocycles. The second kappa shape index (κ2) is 8.41. The topological polar surface area (TPSA) is 36.4 Å². The fourth-order valence-corrected chi connectivity index (χ4v) is 5.15. The van der Waals surface area contributed by atoms with Crippen LogP contribution in [0.1, 0.15) is 36.3 Å². The molecule has 1 saturated heterocycles. The Labute approximate surface area is 170 Å². The first-order valence-electron chi connectivity index (χ1n) is 10.0. The molecule has 0 spiro atoms. The Bertz CT molecular complexity index is 898. The van der Waals surface area contributed by atoms with Crippen molar-refractivity contribution in [2.75, 3.05) is 20.1 Å². The lowest BCUT2D eigenvalue weighted by molar-refractivity contribution is -0.136. The highest BCUT2D eigenvalue weighted by Crippen LogP contribution is 2.34. The number of carbonyl (C=O) groups is 1. The summed E-state index contributed by atoms with van der Waals surface area (Å²) in [6, 6.07) is 18.5. The molecule has 1 amide bonds. The first-order valence-corrected chi connectivity index (χ1v) is 10.8. The molecular formula is C23H27N3OS. The van der Waals surface area contributed by atoms with Crippen LogP contribution in [0.15, 0.2) is 54.6 Å². The molecule has 0 saturated carbocycles. The summed E-state index contributed by atoms with van der Waals surface area (Å²) in [5.41, 5.74) is 2.27. The van der Waals surface area contributed by atoms with Crippen molar-refractivity contribution in [3.63, 3.8) is 0 Å². The number of aromatic nitrogens is 1. The number of amides is 1. The van der Waals surface area contributed by atoms with Gasteiger partial charge in [-0.3, -0.25) is 9.69 Å². The summed E-state index contributed by atoms with van der Waals surface area (Å²) >= 11 is 1.82. The summed E-state index contributed by atoms with van der Waals surface area (Å²) in [6.07, 6.45) is 2.14. The molecule has 5 heteroatoms. The molecule has 0 unspecified atom stereocenters. The number of fused-ring (bicyclic) bond motifs is 1. The molecule has 0 N–H and O–H groups in total. The zero-order valence-corrected chi connectivity index (χ0v) is 17.4. The Morgan fingerprint density at radius 2 is 1.82 bits per heavy atom. The van der Waals surface area contributed by atoms with Gasteiger partial charge in [0.05, 0.1) is 21.3 Å². The van der Waals surface area contributed by atoms with Crippen LogP contribution >= 0.6 is 11.3 Å². The Morgan fingerprint density at radius 1 is 1.14 bits per heavy atom. The highest BCUT2D eigenvalue weighted by molar-refractivity contribution is 7.18. The van der Waals surface area contributed by atoms with Gasteiger partial charge in [-0.1, -0.05) is 42.5 Å². The number of para-hydroxylation sites is 1. The van der Waals surface area contributed by atoms with Crippen LogP contribution in [0.25, 0.3) is 10.2 Å². The summed E-state index contributed by atoms with van der Waals surface area (Å²) in [4.78, 5) is 21.9. The van der Waals surface area contributed by atoms with E-state index in [-0.39, 0.29) is 11.9 Å². The molecule has 2 aromatic carbocycles. The van der Waals surface area contributed by atoms with Crippen LogP contribution in [0.4, 0.5) is 0 Å². The lowest BCUT2D eigenvalue weighted by atomic mass is 9.96. The van der Waals surface area contributed by atoms with Crippen molar-refractivity contribution in [2.45, 2.75) is 38.3 Å². The first kappa shape index (κ1) is 19.1. The highest BCUT2D eigenvalue weighted by atomic mass is 32.1. The summed E-state index contributed by atoms with van der Waals surface area (Å²) < 4.78 is 1.27. The van der Waals surface area contributed by atoms with Crippen molar-refractivity contribution in [1.82, 2.24) is 14.8 Å². The molecule has 1 atom stereocenters. The minimum atomic E-state index is -0.0787. The van der Waals surface area contributed by atoms with E-state index in [1.807, 2.05) is 54.5 Å². The second-order valence-electron chi connectivity index (χ2n) is 7.69. The van der Waals surface area contributed by atoms with E-state index in [0.717, 1.165) is 31.4 Å². The Balaban J connectivity index is 1.34. The van der Waals surface area contributed by atoms with E-state index in [1.54, 1.807) is 0 Å². The molecule has 1 aromatic heterocycles. The van der Waals surface area contributed by atoms with Gasteiger partial charge in [-0.2, -0.15) is 0 Å². The molecule has 146 valence electrons. The molecule has 0 radical (unpaired) electrons. The summed E-state index contributed by atoms with van der Waals surface area (Å²) in [5.74, 6) is 0.709. The third-order valence-corrected chi connectivity index (χ3v) is 6.93. The lowest BCUT2D eigenvalue weighted by Crippen LogP contribution is -2.48. The molecule has 2 heterocycles. The summed E-state index contributed by atoms with van der Waals surface area (Å²) in [6.45, 7) is 4.60. The van der Waals surface area contributed by atoms with Crippen molar-refractivity contribution in [3.8, 4) is 0 Å². The maximum atomic E-state index is 12.9. The smallest absolute Gasteiger partial charge is 0.239 e. The fraction of sp³-hybridized carbons (Fsp3) is 0.391. The number of benzene rings is 2. The maximum absolute atomic E-state index is 12.9. The van der Waals surface area contributed by atoms with E-state index in [2.05, 4.69) is 35.2 Å². The van der Waals surface area contributed by atoms with Crippen molar-refractivity contribution >= 4 is 27.5 Å². The Morgan fingerprint density at radius 3 is 2.54 bits per heavy atom. The van der Waals surface area contributed by atoms with Crippen LogP contribution in [0.2, 0.25) is 0 Å². The van der Waals surface area contributed by atoms with E-state index in [9.17, 15) is 4.79 Å². The number of hydrogen-bond donors (Lipinski definition) is 0. The quantitative estimate of drug-likeness (QED) is 0.639. The standard InChI is InChI=1S/C23H27N3OS/c1-17(23(27)25(2)16-18-8-4-3-5-9-18)26-14-12-19(13-15-26)22-24-20-10-6-7-11-21(20)28-22/h3-11,17,19H,12-16H2,1-2H3/t17-/m0/s1. The minimum absolute atomic E-state index is 0.0787. The van der Waals surface area contributed by atoms with Gasteiger partial charge >= 0.3 is 0 Å².